The Bertz CT molecular complexity index is 351. The van der Waals surface area contributed by atoms with Gasteiger partial charge in [-0.3, -0.25) is 0 Å². The van der Waals surface area contributed by atoms with Crippen molar-refractivity contribution in [1.82, 2.24) is 0 Å². The fourth-order valence-corrected chi connectivity index (χ4v) is 1.47. The van der Waals surface area contributed by atoms with Gasteiger partial charge in [-0.05, 0) is 40.5 Å². The number of carbonyl (C=O) groups is 1. The molecular weight excluding hydrogens is 234 g/mol. The first-order valence-corrected chi connectivity index (χ1v) is 4.42. The smallest absolute Gasteiger partial charge is 0.316 e. The number of urea groups is 1. The van der Waals surface area contributed by atoms with Crippen molar-refractivity contribution >= 4 is 33.3 Å². The molecule has 0 atom stereocenters. The number of amides is 2. The summed E-state index contributed by atoms with van der Waals surface area (Å²) in [6.07, 6.45) is 0. The Kier molecular flexibility index (Phi) is 2.77. The van der Waals surface area contributed by atoms with E-state index >= 15 is 0 Å². The molecule has 0 unspecified atom stereocenters. The summed E-state index contributed by atoms with van der Waals surface area (Å²) in [4.78, 5) is 10.6. The van der Waals surface area contributed by atoms with Gasteiger partial charge >= 0.3 is 6.03 Å². The van der Waals surface area contributed by atoms with Gasteiger partial charge < -0.3 is 16.8 Å². The predicted octanol–water partition coefficient (Wildman–Crippen LogP) is 1.83. The van der Waals surface area contributed by atoms with Crippen LogP contribution in [0.4, 0.5) is 16.2 Å². The number of rotatable bonds is 1. The van der Waals surface area contributed by atoms with Gasteiger partial charge in [0.2, 0.25) is 0 Å². The zero-order valence-electron chi connectivity index (χ0n) is 7.10. The number of nitrogen functional groups attached to an aromatic ring is 1. The second-order valence-corrected chi connectivity index (χ2v) is 3.53. The van der Waals surface area contributed by atoms with Crippen molar-refractivity contribution < 1.29 is 4.79 Å². The van der Waals surface area contributed by atoms with Gasteiger partial charge in [-0.15, -0.1) is 0 Å². The summed E-state index contributed by atoms with van der Waals surface area (Å²) in [6, 6.07) is 2.87. The van der Waals surface area contributed by atoms with E-state index in [1.165, 1.54) is 0 Å². The third kappa shape index (κ3) is 2.35. The van der Waals surface area contributed by atoms with Gasteiger partial charge in [0.15, 0.2) is 0 Å². The summed E-state index contributed by atoms with van der Waals surface area (Å²) in [5.41, 5.74) is 12.8. The molecule has 0 saturated carbocycles. The van der Waals surface area contributed by atoms with Crippen molar-refractivity contribution in [2.75, 3.05) is 11.1 Å². The van der Waals surface area contributed by atoms with Crippen molar-refractivity contribution in [3.05, 3.63) is 22.2 Å². The predicted molar refractivity (Wildman–Crippen MR) is 56.5 cm³/mol. The number of halogens is 1. The van der Waals surface area contributed by atoms with E-state index in [1.807, 2.05) is 13.0 Å². The molecule has 13 heavy (non-hydrogen) atoms. The molecule has 4 nitrogen and oxygen atoms in total. The Hall–Kier alpha value is -1.23. The van der Waals surface area contributed by atoms with Crippen LogP contribution in [-0.2, 0) is 0 Å². The van der Waals surface area contributed by atoms with E-state index in [1.54, 1.807) is 6.07 Å². The molecule has 1 aromatic carbocycles. The second-order valence-electron chi connectivity index (χ2n) is 2.68. The Morgan fingerprint density at radius 1 is 1.54 bits per heavy atom. The average Bonchev–Trinajstić information content (AvgIpc) is 1.99. The average molecular weight is 244 g/mol. The Labute approximate surface area is 84.4 Å². The molecule has 0 aliphatic rings. The zero-order valence-corrected chi connectivity index (χ0v) is 8.68. The van der Waals surface area contributed by atoms with Gasteiger partial charge in [-0.25, -0.2) is 4.79 Å². The lowest BCUT2D eigenvalue weighted by atomic mass is 10.2. The minimum Gasteiger partial charge on any atom is -0.398 e. The molecule has 1 rings (SSSR count). The lowest BCUT2D eigenvalue weighted by molar-refractivity contribution is 0.259. The lowest BCUT2D eigenvalue weighted by Gasteiger charge is -2.07. The minimum atomic E-state index is -0.607. The summed E-state index contributed by atoms with van der Waals surface area (Å²) < 4.78 is 0.762. The maximum Gasteiger partial charge on any atom is 0.316 e. The fourth-order valence-electron chi connectivity index (χ4n) is 0.918. The molecule has 0 aromatic heterocycles. The normalized spacial score (nSPS) is 9.69. The SMILES string of the molecule is Cc1cc(Br)c(NC(N)=O)cc1N. The molecule has 0 aliphatic heterocycles. The third-order valence-electron chi connectivity index (χ3n) is 1.61. The standard InChI is InChI=1S/C8H10BrN3O/c1-4-2-5(9)7(3-6(4)10)12-8(11)13/h2-3H,10H2,1H3,(H3,11,12,13). The molecule has 0 bridgehead atoms. The van der Waals surface area contributed by atoms with Crippen molar-refractivity contribution in [3.63, 3.8) is 0 Å². The molecule has 5 heteroatoms. The first kappa shape index (κ1) is 9.85. The number of hydrogen-bond donors (Lipinski definition) is 3. The summed E-state index contributed by atoms with van der Waals surface area (Å²) in [5, 5.41) is 2.45. The van der Waals surface area contributed by atoms with Crippen LogP contribution in [0.1, 0.15) is 5.56 Å². The van der Waals surface area contributed by atoms with Gasteiger partial charge in [0.05, 0.1) is 5.69 Å². The summed E-state index contributed by atoms with van der Waals surface area (Å²) >= 11 is 3.28. The highest BCUT2D eigenvalue weighted by Gasteiger charge is 2.04. The first-order chi connectivity index (χ1) is 6.00. The van der Waals surface area contributed by atoms with Gasteiger partial charge in [0.1, 0.15) is 0 Å². The third-order valence-corrected chi connectivity index (χ3v) is 2.27. The second kappa shape index (κ2) is 3.66. The van der Waals surface area contributed by atoms with E-state index in [0.717, 1.165) is 10.0 Å². The molecule has 70 valence electrons. The molecule has 0 fully saturated rings. The summed E-state index contributed by atoms with van der Waals surface area (Å²) in [6.45, 7) is 1.88. The Balaban J connectivity index is 3.08. The van der Waals surface area contributed by atoms with Gasteiger partial charge in [0.25, 0.3) is 0 Å². The number of nitrogens with two attached hydrogens (primary N) is 2. The molecular formula is C8H10BrN3O. The zero-order chi connectivity index (χ0) is 10.0. The summed E-state index contributed by atoms with van der Waals surface area (Å²) in [7, 11) is 0. The van der Waals surface area contributed by atoms with Crippen LogP contribution in [0.25, 0.3) is 0 Å². The van der Waals surface area contributed by atoms with E-state index in [9.17, 15) is 4.79 Å². The molecule has 0 spiro atoms. The number of primary amides is 1. The molecule has 0 aliphatic carbocycles. The highest BCUT2D eigenvalue weighted by Crippen LogP contribution is 2.27. The number of aryl methyl sites for hydroxylation is 1. The van der Waals surface area contributed by atoms with E-state index < -0.39 is 6.03 Å². The minimum absolute atomic E-state index is 0.579. The maximum atomic E-state index is 10.6. The molecule has 0 radical (unpaired) electrons. The fraction of sp³-hybridized carbons (Fsp3) is 0.125. The largest absolute Gasteiger partial charge is 0.398 e. The van der Waals surface area contributed by atoms with Crippen LogP contribution < -0.4 is 16.8 Å². The van der Waals surface area contributed by atoms with Crippen molar-refractivity contribution in [2.24, 2.45) is 5.73 Å². The van der Waals surface area contributed by atoms with Crippen molar-refractivity contribution in [2.45, 2.75) is 6.92 Å². The van der Waals surface area contributed by atoms with E-state index in [4.69, 9.17) is 11.5 Å². The number of nitrogens with one attached hydrogen (secondary N) is 1. The van der Waals surface area contributed by atoms with Crippen LogP contribution in [-0.4, -0.2) is 6.03 Å². The molecule has 0 heterocycles. The highest BCUT2D eigenvalue weighted by molar-refractivity contribution is 9.10. The van der Waals surface area contributed by atoms with Crippen LogP contribution in [0.2, 0.25) is 0 Å². The monoisotopic (exact) mass is 243 g/mol. The topological polar surface area (TPSA) is 81.1 Å². The Morgan fingerprint density at radius 2 is 2.15 bits per heavy atom. The van der Waals surface area contributed by atoms with E-state index in [0.29, 0.717) is 11.4 Å². The van der Waals surface area contributed by atoms with Crippen molar-refractivity contribution in [1.29, 1.82) is 0 Å². The van der Waals surface area contributed by atoms with Gasteiger partial charge in [-0.2, -0.15) is 0 Å². The van der Waals surface area contributed by atoms with Crippen LogP contribution in [0.15, 0.2) is 16.6 Å². The van der Waals surface area contributed by atoms with Gasteiger partial charge in [-0.1, -0.05) is 0 Å². The van der Waals surface area contributed by atoms with E-state index in [-0.39, 0.29) is 0 Å². The van der Waals surface area contributed by atoms with Crippen LogP contribution in [0.5, 0.6) is 0 Å². The lowest BCUT2D eigenvalue weighted by Crippen LogP contribution is -2.19. The molecule has 1 aromatic rings. The number of carbonyl (C=O) groups excluding carboxylic acids is 1. The Morgan fingerprint density at radius 3 is 2.69 bits per heavy atom. The van der Waals surface area contributed by atoms with Gasteiger partial charge in [0, 0.05) is 10.2 Å². The molecule has 5 N–H and O–H groups in total. The van der Waals surface area contributed by atoms with Crippen LogP contribution >= 0.6 is 15.9 Å². The number of benzene rings is 1. The molecule has 2 amide bonds. The quantitative estimate of drug-likeness (QED) is 0.658. The number of hydrogen-bond acceptors (Lipinski definition) is 2. The number of anilines is 2. The van der Waals surface area contributed by atoms with Crippen LogP contribution in [0, 0.1) is 6.92 Å². The van der Waals surface area contributed by atoms with E-state index in [2.05, 4.69) is 21.2 Å². The first-order valence-electron chi connectivity index (χ1n) is 3.63. The molecule has 0 saturated heterocycles. The van der Waals surface area contributed by atoms with Crippen molar-refractivity contribution in [3.8, 4) is 0 Å². The summed E-state index contributed by atoms with van der Waals surface area (Å²) in [5.74, 6) is 0. The van der Waals surface area contributed by atoms with Crippen LogP contribution in [0.3, 0.4) is 0 Å². The maximum absolute atomic E-state index is 10.6. The highest BCUT2D eigenvalue weighted by atomic mass is 79.9.